The summed E-state index contributed by atoms with van der Waals surface area (Å²) in [5.74, 6) is -0.374. The zero-order valence-corrected chi connectivity index (χ0v) is 31.3. The number of carbonyl (C=O) groups is 5. The highest BCUT2D eigenvalue weighted by Crippen LogP contribution is 2.31. The van der Waals surface area contributed by atoms with Gasteiger partial charge < -0.3 is 26.2 Å². The molecule has 4 unspecified atom stereocenters. The monoisotopic (exact) mass is 729 g/mol. The third-order valence-corrected chi connectivity index (χ3v) is 10.4. The van der Waals surface area contributed by atoms with Gasteiger partial charge in [-0.1, -0.05) is 57.2 Å². The minimum atomic E-state index is -1.15. The van der Waals surface area contributed by atoms with Crippen LogP contribution >= 0.6 is 11.9 Å². The van der Waals surface area contributed by atoms with Crippen molar-refractivity contribution in [1.82, 2.24) is 35.5 Å². The maximum atomic E-state index is 14.5. The Bertz CT molecular complexity index is 1610. The van der Waals surface area contributed by atoms with Gasteiger partial charge in [-0.25, -0.2) is 14.1 Å². The molecule has 1 saturated heterocycles. The van der Waals surface area contributed by atoms with Gasteiger partial charge in [0.15, 0.2) is 0 Å². The van der Waals surface area contributed by atoms with Crippen molar-refractivity contribution in [1.29, 1.82) is 0 Å². The molecule has 0 bridgehead atoms. The van der Waals surface area contributed by atoms with Crippen molar-refractivity contribution in [3.05, 3.63) is 72.4 Å². The normalized spacial score (nSPS) is 17.3. The van der Waals surface area contributed by atoms with Crippen LogP contribution in [0.4, 0.5) is 4.79 Å². The number of pyridine rings is 1. The quantitative estimate of drug-likeness (QED) is 0.0890. The highest BCUT2D eigenvalue weighted by atomic mass is 32.2. The van der Waals surface area contributed by atoms with Crippen molar-refractivity contribution in [2.75, 3.05) is 26.7 Å². The van der Waals surface area contributed by atoms with E-state index in [-0.39, 0.29) is 42.7 Å². The van der Waals surface area contributed by atoms with Gasteiger partial charge >= 0.3 is 6.03 Å². The van der Waals surface area contributed by atoms with Crippen molar-refractivity contribution in [2.45, 2.75) is 88.5 Å². The van der Waals surface area contributed by atoms with Crippen molar-refractivity contribution in [3.8, 4) is 12.3 Å². The Hall–Kier alpha value is -4.67. The molecule has 2 aliphatic rings. The number of benzene rings is 1. The smallest absolute Gasteiger partial charge is 0.315 e. The van der Waals surface area contributed by atoms with Crippen LogP contribution in [0, 0.1) is 23.7 Å². The van der Waals surface area contributed by atoms with Crippen molar-refractivity contribution < 1.29 is 24.0 Å². The van der Waals surface area contributed by atoms with Crippen LogP contribution < -0.4 is 21.3 Å². The number of hydrogen-bond acceptors (Lipinski definition) is 8. The number of urea groups is 1. The summed E-state index contributed by atoms with van der Waals surface area (Å²) in [6.45, 7) is 10.6. The number of ketones is 1. The van der Waals surface area contributed by atoms with E-state index < -0.39 is 41.8 Å². The Balaban J connectivity index is 1.52. The van der Waals surface area contributed by atoms with Gasteiger partial charge in [0.05, 0.1) is 6.04 Å². The minimum Gasteiger partial charge on any atom is -0.346 e. The fourth-order valence-electron chi connectivity index (χ4n) is 6.60. The van der Waals surface area contributed by atoms with E-state index in [0.717, 1.165) is 16.2 Å². The SMILES string of the molecule is C#CCCC(NC(=O)C1CCCN1C(=O)C(NC(=O)NC(CN(C)Sc1ccccn1)C(C)(C)C)C1Cc2ccccc2C1)C(=O)C(=O)NCC=C. The molecule has 4 rings (SSSR count). The molecule has 1 aliphatic heterocycles. The first kappa shape index (κ1) is 40.1. The Morgan fingerprint density at radius 3 is 2.38 bits per heavy atom. The summed E-state index contributed by atoms with van der Waals surface area (Å²) in [5, 5.41) is 12.2. The molecule has 2 heterocycles. The second kappa shape index (κ2) is 18.7. The molecule has 0 spiro atoms. The molecule has 13 heteroatoms. The highest BCUT2D eigenvalue weighted by molar-refractivity contribution is 7.96. The van der Waals surface area contributed by atoms with Crippen molar-refractivity contribution >= 4 is 41.5 Å². The minimum absolute atomic E-state index is 0.0679. The van der Waals surface area contributed by atoms with Gasteiger partial charge in [-0.2, -0.15) is 0 Å². The summed E-state index contributed by atoms with van der Waals surface area (Å²) in [6.07, 6.45) is 10.9. The van der Waals surface area contributed by atoms with E-state index in [4.69, 9.17) is 6.42 Å². The van der Waals surface area contributed by atoms with Gasteiger partial charge in [-0.3, -0.25) is 19.2 Å². The first-order chi connectivity index (χ1) is 24.8. The van der Waals surface area contributed by atoms with Gasteiger partial charge in [0.2, 0.25) is 17.6 Å². The first-order valence-electron chi connectivity index (χ1n) is 17.7. The lowest BCUT2D eigenvalue weighted by molar-refractivity contribution is -0.143. The van der Waals surface area contributed by atoms with Gasteiger partial charge in [0, 0.05) is 38.3 Å². The van der Waals surface area contributed by atoms with E-state index >= 15 is 0 Å². The lowest BCUT2D eigenvalue weighted by Gasteiger charge is -2.36. The maximum Gasteiger partial charge on any atom is 0.315 e. The lowest BCUT2D eigenvalue weighted by atomic mass is 9.86. The number of aromatic nitrogens is 1. The number of hydrogen-bond donors (Lipinski definition) is 4. The second-order valence-electron chi connectivity index (χ2n) is 14.4. The second-order valence-corrected chi connectivity index (χ2v) is 15.6. The summed E-state index contributed by atoms with van der Waals surface area (Å²) in [7, 11) is 1.94. The fourth-order valence-corrected chi connectivity index (χ4v) is 7.39. The average molecular weight is 730 g/mol. The van der Waals surface area contributed by atoms with Gasteiger partial charge in [-0.15, -0.1) is 18.9 Å². The number of nitrogens with one attached hydrogen (secondary N) is 4. The highest BCUT2D eigenvalue weighted by Gasteiger charge is 2.43. The van der Waals surface area contributed by atoms with Crippen LogP contribution in [0.15, 0.2) is 66.3 Å². The number of Topliss-reactive ketones (excluding diaryl/α,β-unsaturated/α-hetero) is 1. The van der Waals surface area contributed by atoms with E-state index in [1.165, 1.54) is 22.9 Å². The van der Waals surface area contributed by atoms with Crippen molar-refractivity contribution in [2.24, 2.45) is 11.3 Å². The fraction of sp³-hybridized carbons (Fsp3) is 0.487. The topological polar surface area (TPSA) is 153 Å². The molecule has 278 valence electrons. The molecule has 1 aliphatic carbocycles. The third-order valence-electron chi connectivity index (χ3n) is 9.46. The van der Waals surface area contributed by atoms with E-state index in [0.29, 0.717) is 38.8 Å². The van der Waals surface area contributed by atoms with Crippen LogP contribution in [0.1, 0.15) is 57.6 Å². The Morgan fingerprint density at radius 2 is 1.77 bits per heavy atom. The number of rotatable bonds is 16. The number of terminal acetylenes is 1. The van der Waals surface area contributed by atoms with Gasteiger partial charge in [0.25, 0.3) is 5.91 Å². The Labute approximate surface area is 311 Å². The van der Waals surface area contributed by atoms with Crippen LogP contribution in [0.25, 0.3) is 0 Å². The zero-order chi connectivity index (χ0) is 37.8. The molecule has 0 saturated carbocycles. The number of amides is 5. The predicted octanol–water partition coefficient (Wildman–Crippen LogP) is 3.28. The molecule has 1 fully saturated rings. The Morgan fingerprint density at radius 1 is 1.08 bits per heavy atom. The molecule has 5 amide bonds. The molecule has 1 aromatic carbocycles. The molecule has 52 heavy (non-hydrogen) atoms. The summed E-state index contributed by atoms with van der Waals surface area (Å²) in [5.41, 5.74) is 1.91. The number of nitrogens with zero attached hydrogens (tertiary/aromatic N) is 3. The molecule has 12 nitrogen and oxygen atoms in total. The third kappa shape index (κ3) is 10.9. The maximum absolute atomic E-state index is 14.5. The number of fused-ring (bicyclic) bond motifs is 1. The summed E-state index contributed by atoms with van der Waals surface area (Å²) >= 11 is 1.48. The summed E-state index contributed by atoms with van der Waals surface area (Å²) < 4.78 is 2.02. The molecular formula is C39H51N7O5S. The van der Waals surface area contributed by atoms with E-state index in [9.17, 15) is 24.0 Å². The summed E-state index contributed by atoms with van der Waals surface area (Å²) in [4.78, 5) is 73.5. The van der Waals surface area contributed by atoms with E-state index in [1.807, 2.05) is 74.6 Å². The van der Waals surface area contributed by atoms with Crippen LogP contribution in [0.2, 0.25) is 0 Å². The Kier molecular flexibility index (Phi) is 14.4. The molecular weight excluding hydrogens is 679 g/mol. The number of likely N-dealkylation sites (tertiary alicyclic amines) is 1. The van der Waals surface area contributed by atoms with Crippen LogP contribution in [0.3, 0.4) is 0 Å². The summed E-state index contributed by atoms with van der Waals surface area (Å²) in [6, 6.07) is 9.95. The zero-order valence-electron chi connectivity index (χ0n) is 30.5. The molecule has 4 atom stereocenters. The molecule has 2 aromatic rings. The van der Waals surface area contributed by atoms with Crippen LogP contribution in [-0.4, -0.2) is 94.6 Å². The first-order valence-corrected chi connectivity index (χ1v) is 18.5. The average Bonchev–Trinajstić information content (AvgIpc) is 3.78. The van der Waals surface area contributed by atoms with E-state index in [1.54, 1.807) is 6.20 Å². The van der Waals surface area contributed by atoms with Gasteiger partial charge in [0.1, 0.15) is 17.1 Å². The standard InChI is InChI=1S/C39H51N7O5S/c1-7-9-17-29(34(47)36(49)41-20-8-2)42-35(48)30-18-14-22-46(30)37(50)33(28-23-26-15-10-11-16-27(26)24-28)44-38(51)43-31(39(3,4)5)25-45(6)52-32-19-12-13-21-40-32/h1,8,10-13,15-16,19,21,28-31,33H,2,9,14,17-18,20,22-25H2,3-6H3,(H,41,49)(H,42,48)(H2,43,44,51). The molecule has 4 N–H and O–H groups in total. The largest absolute Gasteiger partial charge is 0.346 e. The molecule has 1 aromatic heterocycles. The lowest BCUT2D eigenvalue weighted by Crippen LogP contribution is -2.60. The van der Waals surface area contributed by atoms with Crippen molar-refractivity contribution in [3.63, 3.8) is 0 Å². The van der Waals surface area contributed by atoms with Crippen LogP contribution in [0.5, 0.6) is 0 Å². The number of likely N-dealkylation sites (N-methyl/N-ethyl adjacent to an activating group) is 1. The van der Waals surface area contributed by atoms with Crippen LogP contribution in [-0.2, 0) is 32.0 Å². The molecule has 0 radical (unpaired) electrons. The predicted molar refractivity (Wildman–Crippen MR) is 202 cm³/mol. The van der Waals surface area contributed by atoms with E-state index in [2.05, 4.69) is 38.8 Å². The number of carbonyl (C=O) groups excluding carboxylic acids is 5. The van der Waals surface area contributed by atoms with Gasteiger partial charge in [-0.05, 0) is 85.7 Å².